The lowest BCUT2D eigenvalue weighted by Gasteiger charge is -2.22. The van der Waals surface area contributed by atoms with Crippen LogP contribution in [0.15, 0.2) is 48.5 Å². The fourth-order valence-electron chi connectivity index (χ4n) is 3.43. The maximum Gasteiger partial charge on any atom is 0.387 e. The molecule has 8 nitrogen and oxygen atoms in total. The number of ether oxygens (including phenoxy) is 1. The number of halogens is 2. The van der Waals surface area contributed by atoms with E-state index in [1.54, 1.807) is 12.1 Å². The molecule has 3 rings (SSSR count). The maximum absolute atomic E-state index is 13.0. The molecule has 0 saturated carbocycles. The van der Waals surface area contributed by atoms with Gasteiger partial charge in [-0.05, 0) is 55.3 Å². The van der Waals surface area contributed by atoms with E-state index in [0.29, 0.717) is 24.1 Å². The predicted molar refractivity (Wildman–Crippen MR) is 115 cm³/mol. The predicted octanol–water partition coefficient (Wildman–Crippen LogP) is 3.68. The van der Waals surface area contributed by atoms with Crippen LogP contribution in [0.25, 0.3) is 0 Å². The minimum absolute atomic E-state index is 0.0875. The summed E-state index contributed by atoms with van der Waals surface area (Å²) in [6, 6.07) is 10.7. The number of nitrogens with zero attached hydrogens (tertiary/aromatic N) is 1. The third-order valence-corrected chi connectivity index (χ3v) is 5.20. The summed E-state index contributed by atoms with van der Waals surface area (Å²) >= 11 is 0. The zero-order chi connectivity index (χ0) is 24.2. The number of hydrogen-bond donors (Lipinski definition) is 2. The Kier molecular flexibility index (Phi) is 7.05. The highest BCUT2D eigenvalue weighted by Gasteiger charge is 2.49. The Labute approximate surface area is 188 Å². The van der Waals surface area contributed by atoms with Crippen LogP contribution in [-0.2, 0) is 15.1 Å². The lowest BCUT2D eigenvalue weighted by molar-refractivity contribution is -0.130. The van der Waals surface area contributed by atoms with Crippen molar-refractivity contribution in [2.24, 2.45) is 0 Å². The van der Waals surface area contributed by atoms with Gasteiger partial charge in [0.15, 0.2) is 5.78 Å². The van der Waals surface area contributed by atoms with Gasteiger partial charge in [0.2, 0.25) is 5.91 Å². The molecule has 2 aromatic carbocycles. The molecule has 174 valence electrons. The summed E-state index contributed by atoms with van der Waals surface area (Å²) in [5, 5.41) is 5.26. The molecule has 1 aliphatic rings. The van der Waals surface area contributed by atoms with Crippen molar-refractivity contribution in [2.45, 2.75) is 38.8 Å². The number of ketones is 1. The van der Waals surface area contributed by atoms with Gasteiger partial charge >= 0.3 is 12.6 Å². The van der Waals surface area contributed by atoms with Crippen LogP contribution in [-0.4, -0.2) is 41.7 Å². The van der Waals surface area contributed by atoms with E-state index in [1.807, 2.05) is 6.92 Å². The van der Waals surface area contributed by atoms with Crippen molar-refractivity contribution in [1.29, 1.82) is 0 Å². The van der Waals surface area contributed by atoms with Crippen molar-refractivity contribution in [3.8, 4) is 5.75 Å². The number of Topliss-reactive ketones (excluding diaryl/α,β-unsaturated/α-hetero) is 1. The molecule has 0 spiro atoms. The first-order chi connectivity index (χ1) is 15.6. The van der Waals surface area contributed by atoms with E-state index in [-0.39, 0.29) is 17.2 Å². The molecule has 1 unspecified atom stereocenters. The highest BCUT2D eigenvalue weighted by atomic mass is 19.3. The number of rotatable bonds is 9. The van der Waals surface area contributed by atoms with Crippen LogP contribution in [0.1, 0.15) is 42.6 Å². The monoisotopic (exact) mass is 459 g/mol. The fraction of sp³-hybridized carbons (Fsp3) is 0.304. The Bertz CT molecular complexity index is 1060. The second-order valence-electron chi connectivity index (χ2n) is 7.65. The van der Waals surface area contributed by atoms with Crippen LogP contribution < -0.4 is 15.4 Å². The molecule has 4 amide bonds. The minimum Gasteiger partial charge on any atom is -0.435 e. The van der Waals surface area contributed by atoms with Crippen LogP contribution in [0.4, 0.5) is 19.3 Å². The smallest absolute Gasteiger partial charge is 0.387 e. The van der Waals surface area contributed by atoms with Gasteiger partial charge in [-0.25, -0.2) is 4.79 Å². The lowest BCUT2D eigenvalue weighted by atomic mass is 9.92. The summed E-state index contributed by atoms with van der Waals surface area (Å²) in [4.78, 5) is 50.6. The summed E-state index contributed by atoms with van der Waals surface area (Å²) in [5.41, 5.74) is -0.309. The first-order valence-corrected chi connectivity index (χ1v) is 10.3. The first kappa shape index (κ1) is 23.8. The van der Waals surface area contributed by atoms with Crippen LogP contribution >= 0.6 is 0 Å². The molecule has 2 aromatic rings. The Balaban J connectivity index is 1.69. The van der Waals surface area contributed by atoms with E-state index in [2.05, 4.69) is 15.4 Å². The standard InChI is InChI=1S/C23H23F2N3O5/c1-3-4-19(30)26-16-9-5-14(6-10-16)18(29)13-28-20(31)23(2,27-22(28)32)15-7-11-17(12-8-15)33-21(24)25/h5-12,21H,3-4,13H2,1-2H3,(H,26,30)(H,27,32). The number of imide groups is 1. The average molecular weight is 459 g/mol. The molecule has 1 saturated heterocycles. The topological polar surface area (TPSA) is 105 Å². The number of urea groups is 1. The molecule has 2 N–H and O–H groups in total. The molecule has 1 heterocycles. The van der Waals surface area contributed by atoms with Crippen molar-refractivity contribution < 1.29 is 32.7 Å². The van der Waals surface area contributed by atoms with Crippen molar-refractivity contribution in [2.75, 3.05) is 11.9 Å². The van der Waals surface area contributed by atoms with Crippen molar-refractivity contribution >= 4 is 29.3 Å². The molecule has 0 radical (unpaired) electrons. The zero-order valence-electron chi connectivity index (χ0n) is 18.1. The van der Waals surface area contributed by atoms with Crippen LogP contribution in [0, 0.1) is 0 Å². The van der Waals surface area contributed by atoms with Gasteiger partial charge in [0, 0.05) is 17.7 Å². The van der Waals surface area contributed by atoms with Crippen molar-refractivity contribution in [3.05, 3.63) is 59.7 Å². The molecule has 1 aliphatic heterocycles. The summed E-state index contributed by atoms with van der Waals surface area (Å²) < 4.78 is 29.0. The molecular formula is C23H23F2N3O5. The maximum atomic E-state index is 13.0. The Morgan fingerprint density at radius 3 is 2.30 bits per heavy atom. The van der Waals surface area contributed by atoms with Crippen molar-refractivity contribution in [3.63, 3.8) is 0 Å². The normalized spacial score (nSPS) is 17.8. The number of carbonyl (C=O) groups is 4. The molecule has 1 atom stereocenters. The number of nitrogens with one attached hydrogen (secondary N) is 2. The lowest BCUT2D eigenvalue weighted by Crippen LogP contribution is -2.41. The van der Waals surface area contributed by atoms with E-state index in [0.717, 1.165) is 4.90 Å². The largest absolute Gasteiger partial charge is 0.435 e. The second-order valence-corrected chi connectivity index (χ2v) is 7.65. The molecule has 33 heavy (non-hydrogen) atoms. The summed E-state index contributed by atoms with van der Waals surface area (Å²) in [7, 11) is 0. The Hall–Kier alpha value is -3.82. The number of hydrogen-bond acceptors (Lipinski definition) is 5. The van der Waals surface area contributed by atoms with Crippen molar-refractivity contribution in [1.82, 2.24) is 10.2 Å². The summed E-state index contributed by atoms with van der Waals surface area (Å²) in [5.74, 6) is -1.33. The van der Waals surface area contributed by atoms with Gasteiger partial charge in [0.25, 0.3) is 5.91 Å². The van der Waals surface area contributed by atoms with Crippen LogP contribution in [0.5, 0.6) is 5.75 Å². The first-order valence-electron chi connectivity index (χ1n) is 10.3. The third kappa shape index (κ3) is 5.33. The van der Waals surface area contributed by atoms with Gasteiger partial charge in [-0.1, -0.05) is 19.1 Å². The number of carbonyl (C=O) groups excluding carboxylic acids is 4. The van der Waals surface area contributed by atoms with Gasteiger partial charge in [0.05, 0.1) is 6.54 Å². The van der Waals surface area contributed by atoms with E-state index in [1.165, 1.54) is 43.3 Å². The van der Waals surface area contributed by atoms with Gasteiger partial charge in [-0.2, -0.15) is 8.78 Å². The highest BCUT2D eigenvalue weighted by Crippen LogP contribution is 2.30. The Morgan fingerprint density at radius 2 is 1.73 bits per heavy atom. The van der Waals surface area contributed by atoms with Gasteiger partial charge < -0.3 is 15.4 Å². The number of amides is 4. The fourth-order valence-corrected chi connectivity index (χ4v) is 3.43. The summed E-state index contributed by atoms with van der Waals surface area (Å²) in [6.07, 6.45) is 1.09. The van der Waals surface area contributed by atoms with Crippen LogP contribution in [0.2, 0.25) is 0 Å². The SMILES string of the molecule is CCCC(=O)Nc1ccc(C(=O)CN2C(=O)NC(C)(c3ccc(OC(F)F)cc3)C2=O)cc1. The van der Waals surface area contributed by atoms with Gasteiger partial charge in [-0.3, -0.25) is 19.3 Å². The molecule has 0 aromatic heterocycles. The van der Waals surface area contributed by atoms with E-state index in [9.17, 15) is 28.0 Å². The zero-order valence-corrected chi connectivity index (χ0v) is 18.1. The summed E-state index contributed by atoms with van der Waals surface area (Å²) in [6.45, 7) is -0.107. The van der Waals surface area contributed by atoms with Crippen LogP contribution in [0.3, 0.4) is 0 Å². The third-order valence-electron chi connectivity index (χ3n) is 5.20. The molecule has 0 aliphatic carbocycles. The molecule has 1 fully saturated rings. The minimum atomic E-state index is -2.98. The number of benzene rings is 2. The number of anilines is 1. The van der Waals surface area contributed by atoms with E-state index < -0.39 is 36.4 Å². The average Bonchev–Trinajstić information content (AvgIpc) is 2.98. The van der Waals surface area contributed by atoms with E-state index >= 15 is 0 Å². The van der Waals surface area contributed by atoms with E-state index in [4.69, 9.17) is 0 Å². The quantitative estimate of drug-likeness (QED) is 0.440. The highest BCUT2D eigenvalue weighted by molar-refractivity contribution is 6.11. The van der Waals surface area contributed by atoms with Gasteiger partial charge in [-0.15, -0.1) is 0 Å². The molecular weight excluding hydrogens is 436 g/mol. The second kappa shape index (κ2) is 9.76. The number of alkyl halides is 2. The Morgan fingerprint density at radius 1 is 1.09 bits per heavy atom. The van der Waals surface area contributed by atoms with Gasteiger partial charge in [0.1, 0.15) is 11.3 Å². The molecule has 0 bridgehead atoms. The molecule has 10 heteroatoms.